The van der Waals surface area contributed by atoms with Crippen LogP contribution in [0.5, 0.6) is 0 Å². The number of carbonyl (C=O) groups excluding carboxylic acids is 1. The van der Waals surface area contributed by atoms with Gasteiger partial charge in [-0.05, 0) is 24.3 Å². The fraction of sp³-hybridized carbons (Fsp3) is 0. The van der Waals surface area contributed by atoms with Crippen LogP contribution in [0.25, 0.3) is 0 Å². The van der Waals surface area contributed by atoms with E-state index in [0.717, 1.165) is 6.07 Å². The van der Waals surface area contributed by atoms with Crippen LogP contribution in [-0.4, -0.2) is 21.8 Å². The summed E-state index contributed by atoms with van der Waals surface area (Å²) in [5.41, 5.74) is 0.210. The highest BCUT2D eigenvalue weighted by Gasteiger charge is 2.13. The van der Waals surface area contributed by atoms with Crippen molar-refractivity contribution in [3.8, 4) is 0 Å². The van der Waals surface area contributed by atoms with Crippen molar-refractivity contribution in [2.45, 2.75) is 0 Å². The number of nitrogens with one attached hydrogen (secondary N) is 1. The monoisotopic (exact) mass is 233 g/mol. The predicted molar refractivity (Wildman–Crippen MR) is 57.6 cm³/mol. The van der Waals surface area contributed by atoms with Crippen molar-refractivity contribution in [3.05, 3.63) is 59.2 Å². The van der Waals surface area contributed by atoms with Gasteiger partial charge < -0.3 is 10.1 Å². The van der Waals surface area contributed by atoms with Crippen LogP contribution in [0.1, 0.15) is 26.5 Å². The van der Waals surface area contributed by atoms with E-state index in [1.54, 1.807) is 0 Å². The van der Waals surface area contributed by atoms with Crippen molar-refractivity contribution in [1.29, 1.82) is 0 Å². The number of hydrogen-bond acceptors (Lipinski definition) is 2. The summed E-state index contributed by atoms with van der Waals surface area (Å²) >= 11 is 0. The van der Waals surface area contributed by atoms with Gasteiger partial charge in [0.15, 0.2) is 0 Å². The fourth-order valence-electron chi connectivity index (χ4n) is 1.44. The summed E-state index contributed by atoms with van der Waals surface area (Å²) < 4.78 is 12.9. The number of carbonyl (C=O) groups is 2. The van der Waals surface area contributed by atoms with Gasteiger partial charge in [-0.2, -0.15) is 0 Å². The average molecular weight is 233 g/mol. The lowest BCUT2D eigenvalue weighted by atomic mass is 10.1. The van der Waals surface area contributed by atoms with Gasteiger partial charge >= 0.3 is 5.97 Å². The molecule has 5 heteroatoms. The van der Waals surface area contributed by atoms with Gasteiger partial charge in [0, 0.05) is 5.56 Å². The molecule has 0 fully saturated rings. The van der Waals surface area contributed by atoms with Crippen molar-refractivity contribution in [2.75, 3.05) is 0 Å². The van der Waals surface area contributed by atoms with Crippen molar-refractivity contribution in [2.24, 2.45) is 0 Å². The Balaban J connectivity index is 2.34. The number of H-pyrrole nitrogens is 1. The van der Waals surface area contributed by atoms with Crippen LogP contribution >= 0.6 is 0 Å². The van der Waals surface area contributed by atoms with Gasteiger partial charge in [0.2, 0.25) is 5.78 Å². The average Bonchev–Trinajstić information content (AvgIpc) is 2.77. The van der Waals surface area contributed by atoms with Crippen molar-refractivity contribution in [1.82, 2.24) is 4.98 Å². The minimum atomic E-state index is -1.15. The quantitative estimate of drug-likeness (QED) is 0.797. The molecule has 0 spiro atoms. The van der Waals surface area contributed by atoms with E-state index < -0.39 is 17.6 Å². The summed E-state index contributed by atoms with van der Waals surface area (Å²) in [5, 5.41) is 8.69. The molecule has 0 atom stereocenters. The van der Waals surface area contributed by atoms with E-state index in [0.29, 0.717) is 0 Å². The van der Waals surface area contributed by atoms with E-state index in [9.17, 15) is 14.0 Å². The number of hydrogen-bond donors (Lipinski definition) is 2. The van der Waals surface area contributed by atoms with Crippen LogP contribution in [-0.2, 0) is 0 Å². The molecule has 0 unspecified atom stereocenters. The summed E-state index contributed by atoms with van der Waals surface area (Å²) in [5.74, 6) is -2.11. The summed E-state index contributed by atoms with van der Waals surface area (Å²) in [6.07, 6.45) is 0. The molecule has 0 aliphatic rings. The van der Waals surface area contributed by atoms with Gasteiger partial charge in [-0.15, -0.1) is 0 Å². The molecule has 0 amide bonds. The number of carboxylic acids is 1. The van der Waals surface area contributed by atoms with Crippen LogP contribution < -0.4 is 0 Å². The van der Waals surface area contributed by atoms with Crippen LogP contribution in [0.2, 0.25) is 0 Å². The second-order valence-electron chi connectivity index (χ2n) is 3.43. The zero-order chi connectivity index (χ0) is 12.4. The van der Waals surface area contributed by atoms with Gasteiger partial charge in [-0.1, -0.05) is 12.1 Å². The largest absolute Gasteiger partial charge is 0.477 e. The second kappa shape index (κ2) is 4.21. The minimum absolute atomic E-state index is 0.0789. The Kier molecular flexibility index (Phi) is 2.74. The summed E-state index contributed by atoms with van der Waals surface area (Å²) in [6.45, 7) is 0. The first kappa shape index (κ1) is 11.1. The highest BCUT2D eigenvalue weighted by molar-refractivity contribution is 6.08. The molecule has 0 aliphatic carbocycles. The summed E-state index contributed by atoms with van der Waals surface area (Å²) in [7, 11) is 0. The molecular weight excluding hydrogens is 225 g/mol. The van der Waals surface area contributed by atoms with Gasteiger partial charge in [0.25, 0.3) is 0 Å². The van der Waals surface area contributed by atoms with Gasteiger partial charge in [-0.25, -0.2) is 9.18 Å². The summed E-state index contributed by atoms with van der Waals surface area (Å²) in [4.78, 5) is 24.9. The number of benzene rings is 1. The Hall–Kier alpha value is -2.43. The Bertz CT molecular complexity index is 589. The smallest absolute Gasteiger partial charge is 0.352 e. The van der Waals surface area contributed by atoms with Crippen molar-refractivity contribution < 1.29 is 19.1 Å². The molecule has 0 aliphatic heterocycles. The number of carboxylic acid groups (broad SMARTS) is 1. The molecule has 1 aromatic carbocycles. The van der Waals surface area contributed by atoms with Gasteiger partial charge in [0.1, 0.15) is 11.5 Å². The maximum Gasteiger partial charge on any atom is 0.352 e. The molecule has 2 aromatic rings. The maximum atomic E-state index is 12.9. The van der Waals surface area contributed by atoms with E-state index >= 15 is 0 Å². The normalized spacial score (nSPS) is 10.2. The van der Waals surface area contributed by atoms with Crippen LogP contribution in [0, 0.1) is 5.82 Å². The zero-order valence-electron chi connectivity index (χ0n) is 8.61. The number of aromatic nitrogens is 1. The third-order valence-corrected chi connectivity index (χ3v) is 2.25. The molecule has 0 saturated heterocycles. The van der Waals surface area contributed by atoms with Crippen molar-refractivity contribution in [3.63, 3.8) is 0 Å². The number of rotatable bonds is 3. The molecule has 86 valence electrons. The lowest BCUT2D eigenvalue weighted by Crippen LogP contribution is -2.04. The number of ketones is 1. The molecule has 0 radical (unpaired) electrons. The third-order valence-electron chi connectivity index (χ3n) is 2.25. The zero-order valence-corrected chi connectivity index (χ0v) is 8.61. The first-order valence-corrected chi connectivity index (χ1v) is 4.80. The molecule has 1 heterocycles. The number of halogens is 1. The van der Waals surface area contributed by atoms with E-state index in [1.165, 1.54) is 30.3 Å². The first-order valence-electron chi connectivity index (χ1n) is 4.80. The molecule has 0 bridgehead atoms. The SMILES string of the molecule is O=C(O)c1ccc(C(=O)c2cccc(F)c2)[nH]1. The second-order valence-corrected chi connectivity index (χ2v) is 3.43. The fourth-order valence-corrected chi connectivity index (χ4v) is 1.44. The molecule has 2 N–H and O–H groups in total. The van der Waals surface area contributed by atoms with E-state index in [2.05, 4.69) is 4.98 Å². The molecule has 1 aromatic heterocycles. The molecule has 17 heavy (non-hydrogen) atoms. The molecular formula is C12H8FNO3. The Morgan fingerprint density at radius 2 is 1.82 bits per heavy atom. The summed E-state index contributed by atoms with van der Waals surface area (Å²) in [6, 6.07) is 7.86. The molecule has 0 saturated carbocycles. The Morgan fingerprint density at radius 3 is 2.41 bits per heavy atom. The van der Waals surface area contributed by atoms with E-state index in [-0.39, 0.29) is 17.0 Å². The minimum Gasteiger partial charge on any atom is -0.477 e. The highest BCUT2D eigenvalue weighted by Crippen LogP contribution is 2.11. The van der Waals surface area contributed by atoms with E-state index in [1.807, 2.05) is 0 Å². The predicted octanol–water partition coefficient (Wildman–Crippen LogP) is 2.08. The number of aromatic carboxylic acids is 1. The standard InChI is InChI=1S/C12H8FNO3/c13-8-3-1-2-7(6-8)11(15)9-4-5-10(14-9)12(16)17/h1-6,14H,(H,16,17). The molecule has 4 nitrogen and oxygen atoms in total. The van der Waals surface area contributed by atoms with Gasteiger partial charge in [0.05, 0.1) is 5.69 Å². The third kappa shape index (κ3) is 2.23. The van der Waals surface area contributed by atoms with Gasteiger partial charge in [-0.3, -0.25) is 4.79 Å². The topological polar surface area (TPSA) is 70.2 Å². The van der Waals surface area contributed by atoms with Crippen LogP contribution in [0.4, 0.5) is 4.39 Å². The Morgan fingerprint density at radius 1 is 1.12 bits per heavy atom. The first-order chi connectivity index (χ1) is 8.08. The van der Waals surface area contributed by atoms with Crippen molar-refractivity contribution >= 4 is 11.8 Å². The molecule has 2 rings (SSSR count). The Labute approximate surface area is 95.7 Å². The lowest BCUT2D eigenvalue weighted by Gasteiger charge is -1.98. The lowest BCUT2D eigenvalue weighted by molar-refractivity contribution is 0.0691. The van der Waals surface area contributed by atoms with E-state index in [4.69, 9.17) is 5.11 Å². The van der Waals surface area contributed by atoms with Crippen LogP contribution in [0.15, 0.2) is 36.4 Å². The van der Waals surface area contributed by atoms with Crippen LogP contribution in [0.3, 0.4) is 0 Å². The highest BCUT2D eigenvalue weighted by atomic mass is 19.1. The number of aromatic amines is 1. The maximum absolute atomic E-state index is 12.9.